The number of rotatable bonds is 4. The van der Waals surface area contributed by atoms with Gasteiger partial charge in [0, 0.05) is 29.8 Å². The van der Waals surface area contributed by atoms with E-state index in [0.717, 1.165) is 0 Å². The summed E-state index contributed by atoms with van der Waals surface area (Å²) in [4.78, 5) is 26.1. The summed E-state index contributed by atoms with van der Waals surface area (Å²) < 4.78 is 29.4. The molecule has 0 saturated carbocycles. The molecule has 0 aliphatic carbocycles. The molecule has 5 aromatic rings. The van der Waals surface area contributed by atoms with E-state index in [4.69, 9.17) is 0 Å². The summed E-state index contributed by atoms with van der Waals surface area (Å²) in [6.07, 6.45) is 4.91. The highest BCUT2D eigenvalue weighted by Crippen LogP contribution is 2.30. The number of nitrogens with one attached hydrogen (secondary N) is 1. The number of imidazole rings is 1. The van der Waals surface area contributed by atoms with E-state index in [1.165, 1.54) is 42.6 Å². The number of anilines is 1. The molecule has 1 amide bonds. The number of amides is 1. The predicted octanol–water partition coefficient (Wildman–Crippen LogP) is 5.30. The molecule has 1 N–H and O–H groups in total. The third-order valence-electron chi connectivity index (χ3n) is 5.23. The number of benzene rings is 1. The monoisotopic (exact) mass is 441 g/mol. The van der Waals surface area contributed by atoms with E-state index >= 15 is 0 Å². The molecule has 1 aromatic carbocycles. The first-order chi connectivity index (χ1) is 16.0. The van der Waals surface area contributed by atoms with Gasteiger partial charge in [-0.3, -0.25) is 14.2 Å². The smallest absolute Gasteiger partial charge is 0.257 e. The van der Waals surface area contributed by atoms with Crippen LogP contribution in [0.1, 0.15) is 16.1 Å². The van der Waals surface area contributed by atoms with Crippen molar-refractivity contribution in [2.24, 2.45) is 0 Å². The van der Waals surface area contributed by atoms with Crippen LogP contribution >= 0.6 is 0 Å². The Morgan fingerprint density at radius 1 is 0.970 bits per heavy atom. The number of carbonyl (C=O) groups excluding carboxylic acids is 1. The van der Waals surface area contributed by atoms with Crippen LogP contribution in [0.4, 0.5) is 14.5 Å². The molecule has 0 bridgehead atoms. The van der Waals surface area contributed by atoms with Crippen molar-refractivity contribution in [3.05, 3.63) is 102 Å². The molecule has 8 heteroatoms. The number of hydrogen-bond acceptors (Lipinski definition) is 4. The lowest BCUT2D eigenvalue weighted by Crippen LogP contribution is -2.14. The van der Waals surface area contributed by atoms with E-state index in [2.05, 4.69) is 20.3 Å². The Morgan fingerprint density at radius 3 is 2.58 bits per heavy atom. The average Bonchev–Trinajstić information content (AvgIpc) is 3.21. The summed E-state index contributed by atoms with van der Waals surface area (Å²) in [5.41, 5.74) is 3.31. The summed E-state index contributed by atoms with van der Waals surface area (Å²) in [5.74, 6) is -0.912. The van der Waals surface area contributed by atoms with Crippen molar-refractivity contribution in [1.82, 2.24) is 19.4 Å². The van der Waals surface area contributed by atoms with E-state index in [1.807, 2.05) is 18.2 Å². The summed E-state index contributed by atoms with van der Waals surface area (Å²) in [5, 5.41) is 2.75. The minimum absolute atomic E-state index is 0.124. The Balaban J connectivity index is 1.59. The van der Waals surface area contributed by atoms with Crippen molar-refractivity contribution in [3.63, 3.8) is 0 Å². The first-order valence-corrected chi connectivity index (χ1v) is 10.1. The first-order valence-electron chi connectivity index (χ1n) is 10.1. The summed E-state index contributed by atoms with van der Waals surface area (Å²) >= 11 is 0. The molecule has 162 valence electrons. The maximum absolute atomic E-state index is 14.5. The molecular weight excluding hydrogens is 424 g/mol. The van der Waals surface area contributed by atoms with Crippen molar-refractivity contribution in [3.8, 4) is 22.8 Å². The van der Waals surface area contributed by atoms with Crippen molar-refractivity contribution in [2.45, 2.75) is 6.92 Å². The zero-order valence-electron chi connectivity index (χ0n) is 17.5. The van der Waals surface area contributed by atoms with Crippen LogP contribution in [-0.2, 0) is 0 Å². The molecule has 4 aromatic heterocycles. The third-order valence-corrected chi connectivity index (χ3v) is 5.23. The quantitative estimate of drug-likeness (QED) is 0.411. The molecule has 0 saturated heterocycles. The van der Waals surface area contributed by atoms with E-state index in [9.17, 15) is 13.6 Å². The average molecular weight is 441 g/mol. The lowest BCUT2D eigenvalue weighted by molar-refractivity contribution is 0.102. The Morgan fingerprint density at radius 2 is 1.79 bits per heavy atom. The lowest BCUT2D eigenvalue weighted by atomic mass is 10.1. The molecule has 0 aliphatic heterocycles. The van der Waals surface area contributed by atoms with E-state index in [1.54, 1.807) is 29.8 Å². The maximum atomic E-state index is 14.5. The summed E-state index contributed by atoms with van der Waals surface area (Å²) in [6.45, 7) is 1.73. The standard InChI is InChI=1S/C25H17F2N5O/c1-15-19(25(33)30-18-9-7-17(26)8-10-18)13-16(14-29-15)22-21-6-2-3-12-32(21)24(31-22)23-20(27)5-4-11-28-23/h2-14H,1H3,(H,30,33). The van der Waals surface area contributed by atoms with Gasteiger partial charge in [0.2, 0.25) is 0 Å². The van der Waals surface area contributed by atoms with Gasteiger partial charge in [0.25, 0.3) is 5.91 Å². The van der Waals surface area contributed by atoms with Crippen molar-refractivity contribution in [2.75, 3.05) is 5.32 Å². The maximum Gasteiger partial charge on any atom is 0.257 e. The Labute approximate surface area is 187 Å². The van der Waals surface area contributed by atoms with E-state index in [0.29, 0.717) is 39.5 Å². The van der Waals surface area contributed by atoms with E-state index < -0.39 is 5.82 Å². The molecule has 0 unspecified atom stereocenters. The largest absolute Gasteiger partial charge is 0.322 e. The number of carbonyl (C=O) groups is 1. The number of nitrogens with zero attached hydrogens (tertiary/aromatic N) is 4. The van der Waals surface area contributed by atoms with E-state index in [-0.39, 0.29) is 17.4 Å². The molecular formula is C25H17F2N5O. The third kappa shape index (κ3) is 3.82. The zero-order valence-corrected chi connectivity index (χ0v) is 17.5. The Bertz CT molecular complexity index is 1500. The zero-order chi connectivity index (χ0) is 22.9. The van der Waals surface area contributed by atoms with Crippen LogP contribution in [0.5, 0.6) is 0 Å². The van der Waals surface area contributed by atoms with Crippen molar-refractivity contribution in [1.29, 1.82) is 0 Å². The number of hydrogen-bond donors (Lipinski definition) is 1. The predicted molar refractivity (Wildman–Crippen MR) is 121 cm³/mol. The summed E-state index contributed by atoms with van der Waals surface area (Å²) in [6, 6.07) is 15.6. The van der Waals surface area contributed by atoms with Crippen LogP contribution in [0.2, 0.25) is 0 Å². The second-order valence-corrected chi connectivity index (χ2v) is 7.39. The molecule has 4 heterocycles. The fraction of sp³-hybridized carbons (Fsp3) is 0.0400. The number of halogens is 2. The highest BCUT2D eigenvalue weighted by molar-refractivity contribution is 6.05. The van der Waals surface area contributed by atoms with Crippen LogP contribution < -0.4 is 5.32 Å². The fourth-order valence-corrected chi connectivity index (χ4v) is 3.59. The van der Waals surface area contributed by atoms with Crippen LogP contribution in [0.15, 0.2) is 79.3 Å². The van der Waals surface area contributed by atoms with Crippen LogP contribution in [0.3, 0.4) is 0 Å². The second-order valence-electron chi connectivity index (χ2n) is 7.39. The van der Waals surface area contributed by atoms with Gasteiger partial charge < -0.3 is 5.32 Å². The fourth-order valence-electron chi connectivity index (χ4n) is 3.59. The first kappa shape index (κ1) is 20.4. The number of aromatic nitrogens is 4. The SMILES string of the molecule is Cc1ncc(-c2nc(-c3ncccc3F)n3ccccc23)cc1C(=O)Nc1ccc(F)cc1. The van der Waals surface area contributed by atoms with Crippen molar-refractivity contribution >= 4 is 17.1 Å². The van der Waals surface area contributed by atoms with Gasteiger partial charge in [-0.1, -0.05) is 6.07 Å². The number of pyridine rings is 3. The van der Waals surface area contributed by atoms with Crippen LogP contribution in [-0.4, -0.2) is 25.3 Å². The van der Waals surface area contributed by atoms with Gasteiger partial charge in [-0.25, -0.2) is 18.7 Å². The Kier molecular flexibility index (Phi) is 5.10. The highest BCUT2D eigenvalue weighted by Gasteiger charge is 2.19. The highest BCUT2D eigenvalue weighted by atomic mass is 19.1. The molecule has 0 radical (unpaired) electrons. The van der Waals surface area contributed by atoms with Crippen LogP contribution in [0.25, 0.3) is 28.3 Å². The molecule has 0 atom stereocenters. The van der Waals surface area contributed by atoms with Gasteiger partial charge >= 0.3 is 0 Å². The second kappa shape index (κ2) is 8.23. The minimum Gasteiger partial charge on any atom is -0.322 e. The number of fused-ring (bicyclic) bond motifs is 1. The Hall–Kier alpha value is -4.46. The van der Waals surface area contributed by atoms with Crippen LogP contribution in [0, 0.1) is 18.6 Å². The summed E-state index contributed by atoms with van der Waals surface area (Å²) in [7, 11) is 0. The van der Waals surface area contributed by atoms with Crippen molar-refractivity contribution < 1.29 is 13.6 Å². The molecule has 6 nitrogen and oxygen atoms in total. The van der Waals surface area contributed by atoms with Gasteiger partial charge in [0.05, 0.1) is 22.5 Å². The van der Waals surface area contributed by atoms with Gasteiger partial charge in [-0.05, 0) is 61.5 Å². The lowest BCUT2D eigenvalue weighted by Gasteiger charge is -2.09. The molecule has 0 spiro atoms. The number of aryl methyl sites for hydroxylation is 1. The normalized spacial score (nSPS) is 11.0. The molecule has 0 fully saturated rings. The topological polar surface area (TPSA) is 72.2 Å². The van der Waals surface area contributed by atoms with Gasteiger partial charge in [0.15, 0.2) is 11.6 Å². The van der Waals surface area contributed by atoms with Gasteiger partial charge in [0.1, 0.15) is 11.5 Å². The molecule has 0 aliphatic rings. The molecule has 5 rings (SSSR count). The van der Waals surface area contributed by atoms with Gasteiger partial charge in [-0.2, -0.15) is 0 Å². The minimum atomic E-state index is -0.485. The van der Waals surface area contributed by atoms with Gasteiger partial charge in [-0.15, -0.1) is 0 Å². The molecule has 33 heavy (non-hydrogen) atoms.